The van der Waals surface area contributed by atoms with E-state index in [1.165, 1.54) is 0 Å². The molecule has 1 N–H and O–H groups in total. The van der Waals surface area contributed by atoms with Crippen molar-refractivity contribution in [1.29, 1.82) is 0 Å². The molecule has 0 aliphatic rings. The molecule has 2 heterocycles. The average molecular weight is 298 g/mol. The van der Waals surface area contributed by atoms with Crippen LogP contribution < -0.4 is 4.74 Å². The van der Waals surface area contributed by atoms with Crippen molar-refractivity contribution in [3.8, 4) is 28.4 Å². The maximum atomic E-state index is 10.8. The Balaban J connectivity index is 2.14. The standard InChI is InChI=1S/C17H14O5/c1-20-11-2-5-14(16-6-3-12(9-18)21-16)15(8-11)17-7-4-13(10-19)22-17/h2-8,10,18H,9H2,1H3. The van der Waals surface area contributed by atoms with E-state index in [0.29, 0.717) is 29.3 Å². The third-order valence-corrected chi connectivity index (χ3v) is 3.32. The Morgan fingerprint density at radius 3 is 2.45 bits per heavy atom. The van der Waals surface area contributed by atoms with Crippen LogP contribution in [0.1, 0.15) is 16.3 Å². The van der Waals surface area contributed by atoms with Crippen LogP contribution in [0.2, 0.25) is 0 Å². The summed E-state index contributed by atoms with van der Waals surface area (Å²) >= 11 is 0. The first-order valence-corrected chi connectivity index (χ1v) is 6.68. The minimum atomic E-state index is -0.165. The molecular weight excluding hydrogens is 284 g/mol. The van der Waals surface area contributed by atoms with Crippen LogP contribution in [0.25, 0.3) is 22.6 Å². The highest BCUT2D eigenvalue weighted by Crippen LogP contribution is 2.36. The van der Waals surface area contributed by atoms with Crippen LogP contribution in [0.3, 0.4) is 0 Å². The number of methoxy groups -OCH3 is 1. The van der Waals surface area contributed by atoms with E-state index in [-0.39, 0.29) is 12.4 Å². The summed E-state index contributed by atoms with van der Waals surface area (Å²) in [6, 6.07) is 12.3. The third kappa shape index (κ3) is 2.54. The number of carbonyl (C=O) groups is 1. The maximum absolute atomic E-state index is 10.8. The predicted octanol–water partition coefficient (Wildman–Crippen LogP) is 3.52. The number of hydrogen-bond donors (Lipinski definition) is 1. The van der Waals surface area contributed by atoms with Gasteiger partial charge in [0.25, 0.3) is 0 Å². The van der Waals surface area contributed by atoms with Gasteiger partial charge < -0.3 is 18.7 Å². The number of aldehydes is 1. The van der Waals surface area contributed by atoms with Gasteiger partial charge in [-0.1, -0.05) is 0 Å². The fourth-order valence-electron chi connectivity index (χ4n) is 2.24. The minimum absolute atomic E-state index is 0.165. The number of hydrogen-bond acceptors (Lipinski definition) is 5. The SMILES string of the molecule is COc1ccc(-c2ccc(CO)o2)c(-c2ccc(C=O)o2)c1. The topological polar surface area (TPSA) is 72.8 Å². The van der Waals surface area contributed by atoms with Crippen LogP contribution in [0, 0.1) is 0 Å². The molecule has 0 atom stereocenters. The van der Waals surface area contributed by atoms with E-state index < -0.39 is 0 Å². The van der Waals surface area contributed by atoms with Crippen LogP contribution in [0.15, 0.2) is 51.3 Å². The van der Waals surface area contributed by atoms with Gasteiger partial charge >= 0.3 is 0 Å². The summed E-state index contributed by atoms with van der Waals surface area (Å²) in [7, 11) is 1.58. The van der Waals surface area contributed by atoms with Gasteiger partial charge in [0.2, 0.25) is 0 Å². The summed E-state index contributed by atoms with van der Waals surface area (Å²) in [6.07, 6.45) is 0.653. The van der Waals surface area contributed by atoms with Crippen molar-refractivity contribution < 1.29 is 23.5 Å². The van der Waals surface area contributed by atoms with Crippen LogP contribution in [0.5, 0.6) is 5.75 Å². The third-order valence-electron chi connectivity index (χ3n) is 3.32. The Labute approximate surface area is 126 Å². The lowest BCUT2D eigenvalue weighted by Gasteiger charge is -2.08. The Morgan fingerprint density at radius 1 is 1.05 bits per heavy atom. The van der Waals surface area contributed by atoms with Crippen molar-refractivity contribution in [3.05, 3.63) is 54.0 Å². The fraction of sp³-hybridized carbons (Fsp3) is 0.118. The lowest BCUT2D eigenvalue weighted by Crippen LogP contribution is -1.87. The Hall–Kier alpha value is -2.79. The van der Waals surface area contributed by atoms with Gasteiger partial charge in [0.1, 0.15) is 29.6 Å². The highest BCUT2D eigenvalue weighted by molar-refractivity contribution is 5.81. The van der Waals surface area contributed by atoms with Crippen molar-refractivity contribution >= 4 is 6.29 Å². The Bertz CT molecular complexity index is 797. The van der Waals surface area contributed by atoms with E-state index in [1.807, 2.05) is 18.2 Å². The zero-order chi connectivity index (χ0) is 15.5. The summed E-state index contributed by atoms with van der Waals surface area (Å²) in [5.74, 6) is 2.53. The molecule has 3 aromatic rings. The molecule has 0 saturated heterocycles. The molecule has 2 aromatic heterocycles. The molecule has 0 amide bonds. The van der Waals surface area contributed by atoms with Crippen LogP contribution in [0.4, 0.5) is 0 Å². The highest BCUT2D eigenvalue weighted by atomic mass is 16.5. The first-order chi connectivity index (χ1) is 10.7. The van der Waals surface area contributed by atoms with Crippen LogP contribution >= 0.6 is 0 Å². The van der Waals surface area contributed by atoms with Crippen molar-refractivity contribution in [2.45, 2.75) is 6.61 Å². The van der Waals surface area contributed by atoms with E-state index in [0.717, 1.165) is 11.1 Å². The summed E-state index contributed by atoms with van der Waals surface area (Å²) in [4.78, 5) is 10.8. The number of carbonyl (C=O) groups excluding carboxylic acids is 1. The lowest BCUT2D eigenvalue weighted by atomic mass is 10.0. The number of aliphatic hydroxyl groups excluding tert-OH is 1. The molecule has 1 aromatic carbocycles. The summed E-state index contributed by atoms with van der Waals surface area (Å²) in [5.41, 5.74) is 1.53. The molecule has 3 rings (SSSR count). The number of aliphatic hydroxyl groups is 1. The zero-order valence-corrected chi connectivity index (χ0v) is 11.9. The summed E-state index contributed by atoms with van der Waals surface area (Å²) < 4.78 is 16.3. The number of rotatable bonds is 5. The van der Waals surface area contributed by atoms with Gasteiger partial charge in [0, 0.05) is 11.1 Å². The van der Waals surface area contributed by atoms with Crippen molar-refractivity contribution in [1.82, 2.24) is 0 Å². The molecule has 0 aliphatic heterocycles. The number of ether oxygens (including phenoxy) is 1. The molecule has 22 heavy (non-hydrogen) atoms. The van der Waals surface area contributed by atoms with Gasteiger partial charge in [0.15, 0.2) is 12.0 Å². The van der Waals surface area contributed by atoms with Gasteiger partial charge in [-0.3, -0.25) is 4.79 Å². The second kappa shape index (κ2) is 5.91. The van der Waals surface area contributed by atoms with E-state index in [2.05, 4.69) is 0 Å². The molecule has 0 aliphatic carbocycles. The Morgan fingerprint density at radius 2 is 1.82 bits per heavy atom. The molecule has 112 valence electrons. The molecule has 0 saturated carbocycles. The lowest BCUT2D eigenvalue weighted by molar-refractivity contribution is 0.110. The fourth-order valence-corrected chi connectivity index (χ4v) is 2.24. The first-order valence-electron chi connectivity index (χ1n) is 6.68. The molecule has 0 bridgehead atoms. The number of benzene rings is 1. The van der Waals surface area contributed by atoms with Crippen molar-refractivity contribution in [3.63, 3.8) is 0 Å². The smallest absolute Gasteiger partial charge is 0.185 e. The summed E-state index contributed by atoms with van der Waals surface area (Å²) in [6.45, 7) is -0.165. The molecule has 0 unspecified atom stereocenters. The van der Waals surface area contributed by atoms with Gasteiger partial charge in [-0.2, -0.15) is 0 Å². The van der Waals surface area contributed by atoms with Crippen molar-refractivity contribution in [2.75, 3.05) is 7.11 Å². The van der Waals surface area contributed by atoms with Gasteiger partial charge in [-0.15, -0.1) is 0 Å². The molecule has 0 radical (unpaired) electrons. The molecule has 5 heteroatoms. The average Bonchev–Trinajstić information content (AvgIpc) is 3.23. The van der Waals surface area contributed by atoms with Crippen molar-refractivity contribution in [2.24, 2.45) is 0 Å². The Kier molecular flexibility index (Phi) is 3.80. The van der Waals surface area contributed by atoms with Gasteiger partial charge in [-0.05, 0) is 42.5 Å². The minimum Gasteiger partial charge on any atom is -0.497 e. The molecule has 5 nitrogen and oxygen atoms in total. The maximum Gasteiger partial charge on any atom is 0.185 e. The molecule has 0 fully saturated rings. The largest absolute Gasteiger partial charge is 0.497 e. The first kappa shape index (κ1) is 14.2. The normalized spacial score (nSPS) is 10.6. The predicted molar refractivity (Wildman–Crippen MR) is 79.7 cm³/mol. The zero-order valence-electron chi connectivity index (χ0n) is 11.9. The second-order valence-electron chi connectivity index (χ2n) is 4.66. The highest BCUT2D eigenvalue weighted by Gasteiger charge is 2.15. The molecular formula is C17H14O5. The van der Waals surface area contributed by atoms with E-state index >= 15 is 0 Å². The van der Waals surface area contributed by atoms with E-state index in [4.69, 9.17) is 18.7 Å². The number of furan rings is 2. The monoisotopic (exact) mass is 298 g/mol. The van der Waals surface area contributed by atoms with E-state index in [9.17, 15) is 4.79 Å². The van der Waals surface area contributed by atoms with Gasteiger partial charge in [-0.25, -0.2) is 0 Å². The quantitative estimate of drug-likeness (QED) is 0.730. The van der Waals surface area contributed by atoms with Gasteiger partial charge in [0.05, 0.1) is 7.11 Å². The summed E-state index contributed by atoms with van der Waals surface area (Å²) in [5, 5.41) is 9.13. The molecule has 0 spiro atoms. The van der Waals surface area contributed by atoms with Crippen LogP contribution in [-0.2, 0) is 6.61 Å². The van der Waals surface area contributed by atoms with E-state index in [1.54, 1.807) is 31.4 Å². The van der Waals surface area contributed by atoms with Crippen LogP contribution in [-0.4, -0.2) is 18.5 Å². The second-order valence-corrected chi connectivity index (χ2v) is 4.66.